The van der Waals surface area contributed by atoms with Gasteiger partial charge < -0.3 is 14.0 Å². The normalized spacial score (nSPS) is 15.4. The van der Waals surface area contributed by atoms with Crippen molar-refractivity contribution in [2.45, 2.75) is 46.9 Å². The third-order valence-corrected chi connectivity index (χ3v) is 5.76. The van der Waals surface area contributed by atoms with E-state index in [1.165, 1.54) is 5.56 Å². The lowest BCUT2D eigenvalue weighted by Crippen LogP contribution is -2.41. The Balaban J connectivity index is 1.52. The third kappa shape index (κ3) is 3.77. The summed E-state index contributed by atoms with van der Waals surface area (Å²) < 4.78 is 16.1. The molecule has 150 valence electrons. The number of nitrogens with zero attached hydrogens (tertiary/aromatic N) is 2. The summed E-state index contributed by atoms with van der Waals surface area (Å²) >= 11 is 0. The first-order valence-corrected chi connectivity index (χ1v) is 9.98. The SMILES string of the molecule is Cc1ccc[n+](CC(=O)c2cc(C)n(C[C@@H]3COc4ccccc4O3)c2C)c1C. The highest BCUT2D eigenvalue weighted by molar-refractivity contribution is 5.96. The molecular weight excluding hydrogens is 364 g/mol. The smallest absolute Gasteiger partial charge is 0.229 e. The molecule has 3 heterocycles. The van der Waals surface area contributed by atoms with Crippen LogP contribution in [0.5, 0.6) is 11.5 Å². The molecule has 0 saturated heterocycles. The number of fused-ring (bicyclic) bond motifs is 1. The monoisotopic (exact) mass is 391 g/mol. The predicted molar refractivity (Wildman–Crippen MR) is 111 cm³/mol. The van der Waals surface area contributed by atoms with Crippen LogP contribution in [0.1, 0.15) is 33.0 Å². The summed E-state index contributed by atoms with van der Waals surface area (Å²) in [6, 6.07) is 13.8. The maximum atomic E-state index is 13.0. The number of para-hydroxylation sites is 2. The molecule has 5 heteroatoms. The Labute approximate surface area is 171 Å². The summed E-state index contributed by atoms with van der Waals surface area (Å²) in [4.78, 5) is 13.0. The number of carbonyl (C=O) groups is 1. The fourth-order valence-electron chi connectivity index (χ4n) is 3.88. The number of carbonyl (C=O) groups excluding carboxylic acids is 1. The van der Waals surface area contributed by atoms with Gasteiger partial charge in [-0.3, -0.25) is 4.79 Å². The number of pyridine rings is 1. The van der Waals surface area contributed by atoms with Crippen molar-refractivity contribution in [2.24, 2.45) is 0 Å². The standard InChI is InChI=1S/C24H27N2O3/c1-16-8-7-11-25(18(16)3)14-22(27)21-12-17(2)26(19(21)4)13-20-15-28-23-9-5-6-10-24(23)29-20/h5-12,20H,13-15H2,1-4H3/q+1/t20-/m1/s1. The zero-order chi connectivity index (χ0) is 20.5. The van der Waals surface area contributed by atoms with E-state index in [1.807, 2.05) is 67.9 Å². The van der Waals surface area contributed by atoms with E-state index in [2.05, 4.69) is 17.6 Å². The molecule has 1 aliphatic heterocycles. The molecule has 2 aromatic heterocycles. The van der Waals surface area contributed by atoms with Crippen LogP contribution in [-0.4, -0.2) is 23.1 Å². The molecule has 4 rings (SSSR count). The minimum absolute atomic E-state index is 0.0916. The Kier molecular flexibility index (Phi) is 5.14. The summed E-state index contributed by atoms with van der Waals surface area (Å²) in [7, 11) is 0. The van der Waals surface area contributed by atoms with E-state index in [9.17, 15) is 4.79 Å². The molecule has 0 saturated carbocycles. The molecule has 0 fully saturated rings. The van der Waals surface area contributed by atoms with Crippen molar-refractivity contribution in [3.8, 4) is 11.5 Å². The topological polar surface area (TPSA) is 44.3 Å². The van der Waals surface area contributed by atoms with Crippen molar-refractivity contribution in [1.29, 1.82) is 0 Å². The minimum Gasteiger partial charge on any atom is -0.486 e. The quantitative estimate of drug-likeness (QED) is 0.492. The van der Waals surface area contributed by atoms with Crippen molar-refractivity contribution in [1.82, 2.24) is 4.57 Å². The number of aromatic nitrogens is 2. The van der Waals surface area contributed by atoms with Crippen molar-refractivity contribution in [3.05, 3.63) is 76.9 Å². The third-order valence-electron chi connectivity index (χ3n) is 5.76. The molecule has 0 N–H and O–H groups in total. The molecular formula is C24H27N2O3+. The van der Waals surface area contributed by atoms with Crippen molar-refractivity contribution in [3.63, 3.8) is 0 Å². The average Bonchev–Trinajstić information content (AvgIpc) is 2.99. The number of Topliss-reactive ketones (excluding diaryl/α,β-unsaturated/α-hetero) is 1. The first kappa shape index (κ1) is 19.2. The number of ether oxygens (including phenoxy) is 2. The summed E-state index contributed by atoms with van der Waals surface area (Å²) in [5.41, 5.74) is 5.09. The van der Waals surface area contributed by atoms with Crippen LogP contribution in [0.2, 0.25) is 0 Å². The highest BCUT2D eigenvalue weighted by Crippen LogP contribution is 2.31. The summed E-state index contributed by atoms with van der Waals surface area (Å²) in [5.74, 6) is 1.68. The number of hydrogen-bond acceptors (Lipinski definition) is 3. The van der Waals surface area contributed by atoms with Gasteiger partial charge in [0.15, 0.2) is 29.5 Å². The van der Waals surface area contributed by atoms with Gasteiger partial charge in [-0.15, -0.1) is 0 Å². The van der Waals surface area contributed by atoms with Gasteiger partial charge in [-0.2, -0.15) is 4.57 Å². The fourth-order valence-corrected chi connectivity index (χ4v) is 3.88. The van der Waals surface area contributed by atoms with Gasteiger partial charge in [0.05, 0.1) is 6.54 Å². The summed E-state index contributed by atoms with van der Waals surface area (Å²) in [6.45, 7) is 9.63. The van der Waals surface area contributed by atoms with E-state index in [-0.39, 0.29) is 11.9 Å². The molecule has 0 unspecified atom stereocenters. The zero-order valence-corrected chi connectivity index (χ0v) is 17.4. The molecule has 0 bridgehead atoms. The van der Waals surface area contributed by atoms with E-state index in [1.54, 1.807) is 0 Å². The lowest BCUT2D eigenvalue weighted by molar-refractivity contribution is -0.689. The van der Waals surface area contributed by atoms with Gasteiger partial charge in [0, 0.05) is 35.5 Å². The second-order valence-corrected chi connectivity index (χ2v) is 7.72. The van der Waals surface area contributed by atoms with E-state index in [4.69, 9.17) is 9.47 Å². The van der Waals surface area contributed by atoms with Crippen LogP contribution < -0.4 is 14.0 Å². The molecule has 3 aromatic rings. The Morgan fingerprint density at radius 1 is 1.10 bits per heavy atom. The highest BCUT2D eigenvalue weighted by atomic mass is 16.6. The van der Waals surface area contributed by atoms with Gasteiger partial charge >= 0.3 is 0 Å². The van der Waals surface area contributed by atoms with E-state index < -0.39 is 0 Å². The van der Waals surface area contributed by atoms with Gasteiger partial charge in [-0.05, 0) is 45.0 Å². The Bertz CT molecular complexity index is 1070. The Morgan fingerprint density at radius 3 is 2.66 bits per heavy atom. The van der Waals surface area contributed by atoms with Crippen LogP contribution in [0.3, 0.4) is 0 Å². The van der Waals surface area contributed by atoms with E-state index >= 15 is 0 Å². The van der Waals surface area contributed by atoms with E-state index in [0.717, 1.165) is 34.1 Å². The molecule has 0 spiro atoms. The number of hydrogen-bond donors (Lipinski definition) is 0. The number of rotatable bonds is 5. The molecule has 0 aliphatic carbocycles. The average molecular weight is 391 g/mol. The molecule has 1 aromatic carbocycles. The first-order chi connectivity index (χ1) is 13.9. The summed E-state index contributed by atoms with van der Waals surface area (Å²) in [5, 5.41) is 0. The molecule has 1 aliphatic rings. The molecule has 1 atom stereocenters. The Morgan fingerprint density at radius 2 is 1.86 bits per heavy atom. The van der Waals surface area contributed by atoms with E-state index in [0.29, 0.717) is 19.7 Å². The van der Waals surface area contributed by atoms with Gasteiger partial charge in [0.25, 0.3) is 0 Å². The zero-order valence-electron chi connectivity index (χ0n) is 17.4. The number of benzene rings is 1. The Hall–Kier alpha value is -3.08. The van der Waals surface area contributed by atoms with Crippen LogP contribution in [0.4, 0.5) is 0 Å². The van der Waals surface area contributed by atoms with Crippen LogP contribution in [0.25, 0.3) is 0 Å². The highest BCUT2D eigenvalue weighted by Gasteiger charge is 2.25. The molecule has 29 heavy (non-hydrogen) atoms. The van der Waals surface area contributed by atoms with Crippen molar-refractivity contribution < 1.29 is 18.8 Å². The van der Waals surface area contributed by atoms with Gasteiger partial charge in [-0.25, -0.2) is 0 Å². The second-order valence-electron chi connectivity index (χ2n) is 7.72. The molecule has 0 radical (unpaired) electrons. The maximum Gasteiger partial charge on any atom is 0.229 e. The van der Waals surface area contributed by atoms with Gasteiger partial charge in [-0.1, -0.05) is 12.1 Å². The first-order valence-electron chi connectivity index (χ1n) is 9.98. The van der Waals surface area contributed by atoms with Crippen LogP contribution in [-0.2, 0) is 13.1 Å². The molecule has 0 amide bonds. The molecule has 5 nitrogen and oxygen atoms in total. The predicted octanol–water partition coefficient (Wildman–Crippen LogP) is 3.73. The second kappa shape index (κ2) is 7.74. The minimum atomic E-state index is -0.0916. The fraction of sp³-hybridized carbons (Fsp3) is 0.333. The largest absolute Gasteiger partial charge is 0.486 e. The lowest BCUT2D eigenvalue weighted by atomic mass is 10.1. The van der Waals surface area contributed by atoms with Crippen LogP contribution in [0.15, 0.2) is 48.7 Å². The van der Waals surface area contributed by atoms with Gasteiger partial charge in [0.1, 0.15) is 6.61 Å². The van der Waals surface area contributed by atoms with Crippen LogP contribution >= 0.6 is 0 Å². The number of aryl methyl sites for hydroxylation is 2. The summed E-state index contributed by atoms with van der Waals surface area (Å²) in [6.07, 6.45) is 1.87. The van der Waals surface area contributed by atoms with Crippen molar-refractivity contribution >= 4 is 5.78 Å². The number of ketones is 1. The van der Waals surface area contributed by atoms with Crippen LogP contribution in [0, 0.1) is 27.7 Å². The maximum absolute atomic E-state index is 13.0. The lowest BCUT2D eigenvalue weighted by Gasteiger charge is -2.27. The van der Waals surface area contributed by atoms with Crippen molar-refractivity contribution in [2.75, 3.05) is 6.61 Å². The van der Waals surface area contributed by atoms with Gasteiger partial charge in [0.2, 0.25) is 12.3 Å².